The van der Waals surface area contributed by atoms with E-state index in [1.807, 2.05) is 108 Å². The summed E-state index contributed by atoms with van der Waals surface area (Å²) in [4.78, 5) is 43.8. The first-order valence-electron chi connectivity index (χ1n) is 15.0. The molecule has 3 amide bonds. The number of para-hydroxylation sites is 1. The lowest BCUT2D eigenvalue weighted by atomic mass is 9.94. The van der Waals surface area contributed by atoms with Crippen LogP contribution in [0.15, 0.2) is 66.7 Å². The lowest BCUT2D eigenvalue weighted by Crippen LogP contribution is -2.55. The van der Waals surface area contributed by atoms with E-state index in [0.717, 1.165) is 39.1 Å². The number of alkyl carbamates (subject to hydrolysis) is 1. The van der Waals surface area contributed by atoms with Crippen molar-refractivity contribution in [3.8, 4) is 0 Å². The average Bonchev–Trinajstić information content (AvgIpc) is 2.92. The average molecular weight is 586 g/mol. The first-order valence-corrected chi connectivity index (χ1v) is 15.0. The molecular weight excluding hydrogens is 538 g/mol. The van der Waals surface area contributed by atoms with E-state index in [2.05, 4.69) is 10.6 Å². The van der Waals surface area contributed by atoms with Gasteiger partial charge < -0.3 is 20.3 Å². The maximum atomic E-state index is 14.7. The zero-order valence-corrected chi connectivity index (χ0v) is 27.1. The molecule has 230 valence electrons. The number of nitrogens with one attached hydrogen (secondary N) is 2. The van der Waals surface area contributed by atoms with Crippen LogP contribution in [-0.2, 0) is 20.7 Å². The Hall–Kier alpha value is -4.13. The second-order valence-electron chi connectivity index (χ2n) is 12.4. The summed E-state index contributed by atoms with van der Waals surface area (Å²) < 4.78 is 5.55. The number of hydrogen-bond donors (Lipinski definition) is 2. The molecule has 7 heteroatoms. The van der Waals surface area contributed by atoms with Gasteiger partial charge in [-0.3, -0.25) is 9.59 Å². The zero-order chi connectivity index (χ0) is 31.9. The van der Waals surface area contributed by atoms with E-state index >= 15 is 0 Å². The maximum Gasteiger partial charge on any atom is 0.408 e. The summed E-state index contributed by atoms with van der Waals surface area (Å²) in [6.07, 6.45) is 0.159. The number of hydrogen-bond acceptors (Lipinski definition) is 4. The monoisotopic (exact) mass is 585 g/mol. The fraction of sp³-hybridized carbons (Fsp3) is 0.417. The lowest BCUT2D eigenvalue weighted by Gasteiger charge is -2.39. The molecule has 0 saturated carbocycles. The Morgan fingerprint density at radius 2 is 1.49 bits per heavy atom. The molecule has 0 fully saturated rings. The largest absolute Gasteiger partial charge is 0.444 e. The molecule has 0 spiro atoms. The molecule has 0 aromatic heterocycles. The summed E-state index contributed by atoms with van der Waals surface area (Å²) in [5.74, 6) is -0.667. The lowest BCUT2D eigenvalue weighted by molar-refractivity contribution is -0.143. The molecule has 0 aliphatic carbocycles. The molecule has 3 rings (SSSR count). The van der Waals surface area contributed by atoms with Crippen molar-refractivity contribution in [2.24, 2.45) is 0 Å². The molecule has 43 heavy (non-hydrogen) atoms. The second kappa shape index (κ2) is 14.4. The van der Waals surface area contributed by atoms with E-state index in [1.54, 1.807) is 25.7 Å². The predicted molar refractivity (Wildman–Crippen MR) is 173 cm³/mol. The van der Waals surface area contributed by atoms with E-state index in [-0.39, 0.29) is 24.3 Å². The topological polar surface area (TPSA) is 87.7 Å². The van der Waals surface area contributed by atoms with Crippen molar-refractivity contribution in [2.45, 2.75) is 98.9 Å². The standard InChI is InChI=1S/C36H47N3O4/c1-10-27(6)39(34(41)30(22-28-17-12-11-13-18-28)37-35(42)43-36(7,8)9)32(29-20-19-23(2)21-26(29)5)33(40)38-31-24(3)15-14-16-25(31)4/h11-21,27,30,32H,10,22H2,1-9H3,(H,37,42)(H,38,40). The Balaban J connectivity index is 2.15. The Labute approximate surface area is 257 Å². The second-order valence-corrected chi connectivity index (χ2v) is 12.4. The van der Waals surface area contributed by atoms with E-state index in [0.29, 0.717) is 6.42 Å². The fourth-order valence-electron chi connectivity index (χ4n) is 5.23. The van der Waals surface area contributed by atoms with Gasteiger partial charge in [-0.2, -0.15) is 0 Å². The highest BCUT2D eigenvalue weighted by atomic mass is 16.6. The van der Waals surface area contributed by atoms with Crippen LogP contribution in [0.2, 0.25) is 0 Å². The summed E-state index contributed by atoms with van der Waals surface area (Å²) in [6, 6.07) is 19.1. The van der Waals surface area contributed by atoms with Gasteiger partial charge in [0.2, 0.25) is 5.91 Å². The van der Waals surface area contributed by atoms with Crippen LogP contribution in [0, 0.1) is 27.7 Å². The Morgan fingerprint density at radius 3 is 2.05 bits per heavy atom. The van der Waals surface area contributed by atoms with Crippen LogP contribution < -0.4 is 10.6 Å². The summed E-state index contributed by atoms with van der Waals surface area (Å²) in [6.45, 7) is 17.1. The highest BCUT2D eigenvalue weighted by Crippen LogP contribution is 2.31. The smallest absolute Gasteiger partial charge is 0.408 e. The number of aryl methyl sites for hydroxylation is 4. The number of nitrogens with zero attached hydrogens (tertiary/aromatic N) is 1. The normalized spacial score (nSPS) is 13.4. The third-order valence-corrected chi connectivity index (χ3v) is 7.57. The number of anilines is 1. The predicted octanol–water partition coefficient (Wildman–Crippen LogP) is 7.36. The van der Waals surface area contributed by atoms with Gasteiger partial charge in [-0.15, -0.1) is 0 Å². The van der Waals surface area contributed by atoms with Gasteiger partial charge in [-0.05, 0) is 89.6 Å². The maximum absolute atomic E-state index is 14.7. The summed E-state index contributed by atoms with van der Waals surface area (Å²) >= 11 is 0. The Morgan fingerprint density at radius 1 is 0.860 bits per heavy atom. The summed E-state index contributed by atoms with van der Waals surface area (Å²) in [5.41, 5.74) is 5.43. The van der Waals surface area contributed by atoms with Gasteiger partial charge in [0.25, 0.3) is 5.91 Å². The minimum Gasteiger partial charge on any atom is -0.444 e. The summed E-state index contributed by atoms with van der Waals surface area (Å²) in [5, 5.41) is 5.98. The van der Waals surface area contributed by atoms with Crippen molar-refractivity contribution in [1.82, 2.24) is 10.2 Å². The minimum atomic E-state index is -0.965. The minimum absolute atomic E-state index is 0.240. The Kier molecular flexibility index (Phi) is 11.1. The van der Waals surface area contributed by atoms with Crippen molar-refractivity contribution in [1.29, 1.82) is 0 Å². The van der Waals surface area contributed by atoms with Gasteiger partial charge in [0.15, 0.2) is 0 Å². The van der Waals surface area contributed by atoms with Crippen LogP contribution in [0.1, 0.15) is 80.5 Å². The fourth-order valence-corrected chi connectivity index (χ4v) is 5.23. The molecule has 0 bridgehead atoms. The first-order chi connectivity index (χ1) is 20.2. The molecule has 0 aliphatic rings. The molecule has 3 aromatic carbocycles. The molecule has 0 aliphatic heterocycles. The van der Waals surface area contributed by atoms with Crippen molar-refractivity contribution < 1.29 is 19.1 Å². The molecule has 3 atom stereocenters. The van der Waals surface area contributed by atoms with Crippen LogP contribution in [0.25, 0.3) is 0 Å². The van der Waals surface area contributed by atoms with Crippen LogP contribution in [0.5, 0.6) is 0 Å². The molecule has 3 unspecified atom stereocenters. The molecule has 0 radical (unpaired) electrons. The van der Waals surface area contributed by atoms with E-state index < -0.39 is 23.8 Å². The molecule has 0 heterocycles. The number of carbonyl (C=O) groups is 3. The molecule has 7 nitrogen and oxygen atoms in total. The van der Waals surface area contributed by atoms with E-state index in [9.17, 15) is 14.4 Å². The highest BCUT2D eigenvalue weighted by molar-refractivity contribution is 6.00. The van der Waals surface area contributed by atoms with Crippen LogP contribution in [0.4, 0.5) is 10.5 Å². The Bertz CT molecular complexity index is 1410. The van der Waals surface area contributed by atoms with Crippen molar-refractivity contribution in [3.63, 3.8) is 0 Å². The summed E-state index contributed by atoms with van der Waals surface area (Å²) in [7, 11) is 0. The number of amides is 3. The molecule has 0 saturated heterocycles. The van der Waals surface area contributed by atoms with Crippen molar-refractivity contribution >= 4 is 23.6 Å². The van der Waals surface area contributed by atoms with Gasteiger partial charge in [0, 0.05) is 18.2 Å². The third-order valence-electron chi connectivity index (χ3n) is 7.57. The highest BCUT2D eigenvalue weighted by Gasteiger charge is 2.39. The SMILES string of the molecule is CCC(C)N(C(=O)C(Cc1ccccc1)NC(=O)OC(C)(C)C)C(C(=O)Nc1c(C)cccc1C)c1ccc(C)cc1C. The zero-order valence-electron chi connectivity index (χ0n) is 27.1. The van der Waals surface area contributed by atoms with Gasteiger partial charge in [-0.25, -0.2) is 4.79 Å². The third kappa shape index (κ3) is 8.93. The number of ether oxygens (including phenoxy) is 1. The van der Waals surface area contributed by atoms with Gasteiger partial charge >= 0.3 is 6.09 Å². The first kappa shape index (κ1) is 33.4. The molecular formula is C36H47N3O4. The van der Waals surface area contributed by atoms with Crippen LogP contribution in [0.3, 0.4) is 0 Å². The van der Waals surface area contributed by atoms with Crippen molar-refractivity contribution in [2.75, 3.05) is 5.32 Å². The van der Waals surface area contributed by atoms with Crippen LogP contribution >= 0.6 is 0 Å². The number of rotatable bonds is 10. The number of benzene rings is 3. The molecule has 2 N–H and O–H groups in total. The quantitative estimate of drug-likeness (QED) is 0.260. The molecule has 3 aromatic rings. The number of carbonyl (C=O) groups excluding carboxylic acids is 3. The van der Waals surface area contributed by atoms with Gasteiger partial charge in [0.05, 0.1) is 0 Å². The van der Waals surface area contributed by atoms with Gasteiger partial charge in [0.1, 0.15) is 17.7 Å². The van der Waals surface area contributed by atoms with E-state index in [1.165, 1.54) is 0 Å². The van der Waals surface area contributed by atoms with Crippen molar-refractivity contribution in [3.05, 3.63) is 100 Å². The van der Waals surface area contributed by atoms with Gasteiger partial charge in [-0.1, -0.05) is 79.2 Å². The van der Waals surface area contributed by atoms with Crippen LogP contribution in [-0.4, -0.2) is 40.5 Å². The van der Waals surface area contributed by atoms with E-state index in [4.69, 9.17) is 4.74 Å².